The molecule has 0 spiro atoms. The third-order valence-electron chi connectivity index (χ3n) is 2.73. The smallest absolute Gasteiger partial charge is 0.254 e. The summed E-state index contributed by atoms with van der Waals surface area (Å²) in [5.41, 5.74) is 5.86. The van der Waals surface area contributed by atoms with Crippen LogP contribution >= 0.6 is 0 Å². The average molecular weight is 279 g/mol. The van der Waals surface area contributed by atoms with Gasteiger partial charge in [0.25, 0.3) is 5.91 Å². The molecule has 0 aliphatic rings. The van der Waals surface area contributed by atoms with Gasteiger partial charge in [0, 0.05) is 25.1 Å². The molecule has 1 amide bonds. The molecule has 6 nitrogen and oxygen atoms in total. The van der Waals surface area contributed by atoms with E-state index < -0.39 is 0 Å². The maximum absolute atomic E-state index is 12.4. The summed E-state index contributed by atoms with van der Waals surface area (Å²) in [6.45, 7) is 4.94. The lowest BCUT2D eigenvalue weighted by atomic mass is 10.1. The predicted octanol–water partition coefficient (Wildman–Crippen LogP) is 1.63. The number of hydrogen-bond donors (Lipinski definition) is 3. The van der Waals surface area contributed by atoms with Crippen molar-refractivity contribution in [3.8, 4) is 5.75 Å². The number of nitrogens with zero attached hydrogens (tertiary/aromatic N) is 2. The van der Waals surface area contributed by atoms with Gasteiger partial charge in [0.2, 0.25) is 0 Å². The van der Waals surface area contributed by atoms with Crippen molar-refractivity contribution in [2.45, 2.75) is 20.3 Å². The molecule has 0 atom stereocenters. The summed E-state index contributed by atoms with van der Waals surface area (Å²) in [6, 6.07) is 6.22. The van der Waals surface area contributed by atoms with Crippen molar-refractivity contribution in [1.82, 2.24) is 4.90 Å². The molecule has 0 heterocycles. The number of carbonyl (C=O) groups excluding carboxylic acids is 1. The van der Waals surface area contributed by atoms with Gasteiger partial charge < -0.3 is 20.9 Å². The fraction of sp³-hybridized carbons (Fsp3) is 0.429. The van der Waals surface area contributed by atoms with Gasteiger partial charge in [-0.15, -0.1) is 0 Å². The zero-order valence-electron chi connectivity index (χ0n) is 11.8. The number of aromatic hydroxyl groups is 1. The average Bonchev–Trinajstić information content (AvgIpc) is 2.41. The first-order valence-electron chi connectivity index (χ1n) is 6.48. The molecule has 0 saturated heterocycles. The van der Waals surface area contributed by atoms with E-state index in [2.05, 4.69) is 5.16 Å². The van der Waals surface area contributed by atoms with Gasteiger partial charge in [-0.2, -0.15) is 0 Å². The summed E-state index contributed by atoms with van der Waals surface area (Å²) >= 11 is 0. The van der Waals surface area contributed by atoms with Crippen LogP contribution in [-0.4, -0.2) is 40.0 Å². The molecule has 0 aromatic heterocycles. The maximum atomic E-state index is 12.4. The molecule has 20 heavy (non-hydrogen) atoms. The predicted molar refractivity (Wildman–Crippen MR) is 76.9 cm³/mol. The Hall–Kier alpha value is -2.24. The van der Waals surface area contributed by atoms with Crippen molar-refractivity contribution in [2.75, 3.05) is 13.1 Å². The fourth-order valence-corrected chi connectivity index (χ4v) is 1.84. The van der Waals surface area contributed by atoms with Crippen LogP contribution in [0.5, 0.6) is 5.75 Å². The highest BCUT2D eigenvalue weighted by Gasteiger charge is 2.17. The third-order valence-corrected chi connectivity index (χ3v) is 2.73. The molecule has 0 unspecified atom stereocenters. The van der Waals surface area contributed by atoms with Crippen molar-refractivity contribution in [3.63, 3.8) is 0 Å². The topological polar surface area (TPSA) is 99.1 Å². The van der Waals surface area contributed by atoms with Crippen LogP contribution in [0, 0.1) is 5.92 Å². The van der Waals surface area contributed by atoms with E-state index in [9.17, 15) is 9.90 Å². The Bertz CT molecular complexity index is 486. The first-order chi connectivity index (χ1) is 9.43. The van der Waals surface area contributed by atoms with Gasteiger partial charge in [-0.25, -0.2) is 0 Å². The Morgan fingerprint density at radius 2 is 2.15 bits per heavy atom. The first kappa shape index (κ1) is 15.8. The number of amidine groups is 1. The van der Waals surface area contributed by atoms with Crippen LogP contribution in [0.25, 0.3) is 0 Å². The molecule has 0 aliphatic carbocycles. The van der Waals surface area contributed by atoms with E-state index >= 15 is 0 Å². The highest BCUT2D eigenvalue weighted by molar-refractivity contribution is 5.95. The van der Waals surface area contributed by atoms with Gasteiger partial charge in [-0.1, -0.05) is 25.1 Å². The van der Waals surface area contributed by atoms with Crippen molar-refractivity contribution < 1.29 is 15.1 Å². The standard InChI is InChI=1S/C14H21N3O3/c1-10(2)9-17(7-6-13(15)16-20)14(19)11-4-3-5-12(18)8-11/h3-5,8,10,18,20H,6-7,9H2,1-2H3,(H2,15,16). The number of amides is 1. The van der Waals surface area contributed by atoms with Crippen molar-refractivity contribution in [1.29, 1.82) is 0 Å². The van der Waals surface area contributed by atoms with E-state index in [1.807, 2.05) is 13.8 Å². The molecular weight excluding hydrogens is 258 g/mol. The van der Waals surface area contributed by atoms with Crippen LogP contribution in [0.3, 0.4) is 0 Å². The van der Waals surface area contributed by atoms with Crippen molar-refractivity contribution in [3.05, 3.63) is 29.8 Å². The van der Waals surface area contributed by atoms with Crippen molar-refractivity contribution >= 4 is 11.7 Å². The maximum Gasteiger partial charge on any atom is 0.254 e. The molecule has 0 aliphatic heterocycles. The Morgan fingerprint density at radius 3 is 2.70 bits per heavy atom. The van der Waals surface area contributed by atoms with E-state index in [0.29, 0.717) is 31.0 Å². The second-order valence-electron chi connectivity index (χ2n) is 5.04. The lowest BCUT2D eigenvalue weighted by Crippen LogP contribution is -2.36. The Balaban J connectivity index is 2.84. The monoisotopic (exact) mass is 279 g/mol. The zero-order chi connectivity index (χ0) is 15.1. The van der Waals surface area contributed by atoms with E-state index in [0.717, 1.165) is 0 Å². The lowest BCUT2D eigenvalue weighted by molar-refractivity contribution is 0.0740. The number of carbonyl (C=O) groups is 1. The third kappa shape index (κ3) is 4.79. The number of rotatable bonds is 6. The minimum absolute atomic E-state index is 0.0526. The Kier molecular flexibility index (Phi) is 5.83. The molecule has 1 rings (SSSR count). The van der Waals surface area contributed by atoms with Gasteiger partial charge in [0.1, 0.15) is 11.6 Å². The van der Waals surface area contributed by atoms with E-state index in [4.69, 9.17) is 10.9 Å². The highest BCUT2D eigenvalue weighted by Crippen LogP contribution is 2.14. The molecule has 0 saturated carbocycles. The number of oxime groups is 1. The van der Waals surface area contributed by atoms with Crippen LogP contribution in [-0.2, 0) is 0 Å². The summed E-state index contributed by atoms with van der Waals surface area (Å²) in [6.07, 6.45) is 0.299. The fourth-order valence-electron chi connectivity index (χ4n) is 1.84. The van der Waals surface area contributed by atoms with Gasteiger partial charge in [0.05, 0.1) is 0 Å². The van der Waals surface area contributed by atoms with Gasteiger partial charge in [0.15, 0.2) is 0 Å². The molecule has 0 bridgehead atoms. The molecule has 4 N–H and O–H groups in total. The van der Waals surface area contributed by atoms with E-state index in [1.54, 1.807) is 17.0 Å². The summed E-state index contributed by atoms with van der Waals surface area (Å²) in [5, 5.41) is 20.9. The summed E-state index contributed by atoms with van der Waals surface area (Å²) in [7, 11) is 0. The van der Waals surface area contributed by atoms with Gasteiger partial charge >= 0.3 is 0 Å². The second-order valence-corrected chi connectivity index (χ2v) is 5.04. The second kappa shape index (κ2) is 7.37. The van der Waals surface area contributed by atoms with Gasteiger partial charge in [-0.3, -0.25) is 4.79 Å². The van der Waals surface area contributed by atoms with Crippen LogP contribution < -0.4 is 5.73 Å². The number of nitrogens with two attached hydrogens (primary N) is 1. The van der Waals surface area contributed by atoms with Gasteiger partial charge in [-0.05, 0) is 24.1 Å². The first-order valence-corrected chi connectivity index (χ1v) is 6.48. The largest absolute Gasteiger partial charge is 0.508 e. The molecule has 1 aromatic carbocycles. The normalized spacial score (nSPS) is 11.7. The van der Waals surface area contributed by atoms with E-state index in [-0.39, 0.29) is 17.5 Å². The van der Waals surface area contributed by atoms with E-state index in [1.165, 1.54) is 12.1 Å². The minimum Gasteiger partial charge on any atom is -0.508 e. The lowest BCUT2D eigenvalue weighted by Gasteiger charge is -2.24. The molecule has 0 radical (unpaired) electrons. The number of phenolic OH excluding ortho intramolecular Hbond substituents is 1. The van der Waals surface area contributed by atoms with Crippen LogP contribution in [0.1, 0.15) is 30.6 Å². The van der Waals surface area contributed by atoms with Crippen molar-refractivity contribution in [2.24, 2.45) is 16.8 Å². The zero-order valence-corrected chi connectivity index (χ0v) is 11.8. The van der Waals surface area contributed by atoms with Crippen LogP contribution in [0.15, 0.2) is 29.4 Å². The quantitative estimate of drug-likeness (QED) is 0.319. The van der Waals surface area contributed by atoms with Crippen LogP contribution in [0.4, 0.5) is 0 Å². The number of benzene rings is 1. The SMILES string of the molecule is CC(C)CN(CCC(N)=NO)C(=O)c1cccc(O)c1. The van der Waals surface area contributed by atoms with Crippen LogP contribution in [0.2, 0.25) is 0 Å². The Morgan fingerprint density at radius 1 is 1.45 bits per heavy atom. The Labute approximate surface area is 118 Å². The number of hydrogen-bond acceptors (Lipinski definition) is 4. The molecular formula is C14H21N3O3. The molecule has 0 fully saturated rings. The summed E-state index contributed by atoms with van der Waals surface area (Å²) in [5.74, 6) is 0.253. The summed E-state index contributed by atoms with van der Waals surface area (Å²) < 4.78 is 0. The number of phenols is 1. The minimum atomic E-state index is -0.180. The molecule has 6 heteroatoms. The summed E-state index contributed by atoms with van der Waals surface area (Å²) in [4.78, 5) is 14.0. The molecule has 110 valence electrons. The highest BCUT2D eigenvalue weighted by atomic mass is 16.4. The molecule has 1 aromatic rings.